The lowest BCUT2D eigenvalue weighted by molar-refractivity contribution is -0.136. The molecule has 1 aliphatic heterocycles. The van der Waals surface area contributed by atoms with Gasteiger partial charge in [-0.25, -0.2) is 4.79 Å². The van der Waals surface area contributed by atoms with Gasteiger partial charge in [0.05, 0.1) is 0 Å². The van der Waals surface area contributed by atoms with Crippen molar-refractivity contribution in [3.63, 3.8) is 0 Å². The summed E-state index contributed by atoms with van der Waals surface area (Å²) < 4.78 is 4.87. The van der Waals surface area contributed by atoms with E-state index in [0.717, 1.165) is 50.4 Å². The van der Waals surface area contributed by atoms with Crippen molar-refractivity contribution in [3.05, 3.63) is 34.9 Å². The number of carbonyl (C=O) groups excluding carboxylic acids is 2. The molecule has 0 radical (unpaired) electrons. The van der Waals surface area contributed by atoms with Crippen molar-refractivity contribution >= 4 is 12.3 Å². The maximum atomic E-state index is 11.3. The van der Waals surface area contributed by atoms with Crippen LogP contribution in [0.1, 0.15) is 58.8 Å². The summed E-state index contributed by atoms with van der Waals surface area (Å²) in [5.41, 5.74) is 3.53. The second kappa shape index (κ2) is 10.1. The summed E-state index contributed by atoms with van der Waals surface area (Å²) in [5.74, 6) is -0.157. The minimum Gasteiger partial charge on any atom is -0.458 e. The summed E-state index contributed by atoms with van der Waals surface area (Å²) in [6.45, 7) is 4.70. The van der Waals surface area contributed by atoms with Gasteiger partial charge in [0, 0.05) is 12.0 Å². The van der Waals surface area contributed by atoms with E-state index in [-0.39, 0.29) is 5.97 Å². The van der Waals surface area contributed by atoms with Gasteiger partial charge in [-0.2, -0.15) is 0 Å². The van der Waals surface area contributed by atoms with E-state index in [1.165, 1.54) is 11.1 Å². The third kappa shape index (κ3) is 7.64. The number of aldehydes is 1. The van der Waals surface area contributed by atoms with E-state index in [1.807, 2.05) is 6.08 Å². The van der Waals surface area contributed by atoms with Crippen LogP contribution in [0.4, 0.5) is 0 Å². The van der Waals surface area contributed by atoms with E-state index in [1.54, 1.807) is 0 Å². The monoisotopic (exact) mass is 290 g/mol. The molecule has 0 saturated heterocycles. The minimum atomic E-state index is -0.157. The first kappa shape index (κ1) is 17.4. The van der Waals surface area contributed by atoms with Gasteiger partial charge in [-0.05, 0) is 58.4 Å². The highest BCUT2D eigenvalue weighted by Crippen LogP contribution is 2.16. The molecule has 0 fully saturated rings. The summed E-state index contributed by atoms with van der Waals surface area (Å²) in [5, 5.41) is 0. The molecule has 0 unspecified atom stereocenters. The van der Waals surface area contributed by atoms with Crippen molar-refractivity contribution in [2.24, 2.45) is 0 Å². The molecule has 1 heterocycles. The highest BCUT2D eigenvalue weighted by molar-refractivity contribution is 5.90. The van der Waals surface area contributed by atoms with Gasteiger partial charge in [0.1, 0.15) is 12.9 Å². The van der Waals surface area contributed by atoms with Gasteiger partial charge < -0.3 is 9.53 Å². The normalized spacial score (nSPS) is 15.9. The van der Waals surface area contributed by atoms with Crippen LogP contribution >= 0.6 is 0 Å². The van der Waals surface area contributed by atoms with Gasteiger partial charge in [0.15, 0.2) is 0 Å². The summed E-state index contributed by atoms with van der Waals surface area (Å²) >= 11 is 0. The van der Waals surface area contributed by atoms with Crippen molar-refractivity contribution in [3.8, 4) is 0 Å². The smallest absolute Gasteiger partial charge is 0.334 e. The van der Waals surface area contributed by atoms with Crippen LogP contribution in [-0.4, -0.2) is 18.9 Å². The Kier molecular flexibility index (Phi) is 8.41. The molecule has 0 N–H and O–H groups in total. The number of hydrogen-bond acceptors (Lipinski definition) is 3. The quantitative estimate of drug-likeness (QED) is 0.261. The van der Waals surface area contributed by atoms with Crippen LogP contribution in [0.5, 0.6) is 0 Å². The maximum Gasteiger partial charge on any atom is 0.334 e. The van der Waals surface area contributed by atoms with Gasteiger partial charge in [-0.1, -0.05) is 23.3 Å². The molecule has 0 amide bonds. The van der Waals surface area contributed by atoms with Crippen LogP contribution < -0.4 is 0 Å². The second-order valence-electron chi connectivity index (χ2n) is 5.57. The summed E-state index contributed by atoms with van der Waals surface area (Å²) in [6.07, 6.45) is 13.7. The lowest BCUT2D eigenvalue weighted by Gasteiger charge is -2.02. The highest BCUT2D eigenvalue weighted by atomic mass is 16.5. The fourth-order valence-electron chi connectivity index (χ4n) is 2.29. The van der Waals surface area contributed by atoms with Crippen molar-refractivity contribution in [2.45, 2.75) is 58.8 Å². The summed E-state index contributed by atoms with van der Waals surface area (Å²) in [6, 6.07) is 0. The number of rotatable bonds is 10. The second-order valence-corrected chi connectivity index (χ2v) is 5.57. The third-order valence-corrected chi connectivity index (χ3v) is 3.64. The topological polar surface area (TPSA) is 43.4 Å². The number of unbranched alkanes of at least 4 members (excludes halogenated alkanes) is 1. The number of ether oxygens (including phenoxy) is 1. The molecule has 1 aliphatic rings. The maximum absolute atomic E-state index is 11.3. The SMILES string of the molecule is C/C(=C\CCC1=CCOC1=O)CC/C=C(\C)CCCC=O. The highest BCUT2D eigenvalue weighted by Gasteiger charge is 2.14. The molecule has 116 valence electrons. The number of carbonyl (C=O) groups is 2. The van der Waals surface area contributed by atoms with Gasteiger partial charge in [-0.3, -0.25) is 0 Å². The zero-order chi connectivity index (χ0) is 15.5. The standard InChI is InChI=1S/C18H26O3/c1-15(7-3-4-13-19)8-5-9-16(2)10-6-11-17-12-14-21-18(17)20/h8,10,12-13H,3-7,9,11,14H2,1-2H3/b15-8+,16-10+. The first-order valence-electron chi connectivity index (χ1n) is 7.74. The van der Waals surface area contributed by atoms with Gasteiger partial charge in [-0.15, -0.1) is 0 Å². The van der Waals surface area contributed by atoms with Crippen LogP contribution in [0, 0.1) is 0 Å². The molecule has 0 bridgehead atoms. The molecule has 0 saturated carbocycles. The van der Waals surface area contributed by atoms with Crippen LogP contribution in [0.3, 0.4) is 0 Å². The van der Waals surface area contributed by atoms with E-state index in [4.69, 9.17) is 4.74 Å². The van der Waals surface area contributed by atoms with Crippen molar-refractivity contribution in [1.29, 1.82) is 0 Å². The Balaban J connectivity index is 2.18. The van der Waals surface area contributed by atoms with Crippen molar-refractivity contribution in [2.75, 3.05) is 6.61 Å². The molecule has 0 spiro atoms. The predicted molar refractivity (Wildman–Crippen MR) is 84.9 cm³/mol. The molecule has 0 atom stereocenters. The molecule has 3 heteroatoms. The van der Waals surface area contributed by atoms with E-state index >= 15 is 0 Å². The van der Waals surface area contributed by atoms with Crippen LogP contribution in [-0.2, 0) is 14.3 Å². The van der Waals surface area contributed by atoms with Gasteiger partial charge in [0.2, 0.25) is 0 Å². The molecule has 0 aromatic heterocycles. The Hall–Kier alpha value is -1.64. The summed E-state index contributed by atoms with van der Waals surface area (Å²) in [4.78, 5) is 21.5. The zero-order valence-corrected chi connectivity index (χ0v) is 13.2. The van der Waals surface area contributed by atoms with Gasteiger partial charge in [0.25, 0.3) is 0 Å². The molecule has 0 aromatic rings. The van der Waals surface area contributed by atoms with Crippen LogP contribution in [0.15, 0.2) is 34.9 Å². The average molecular weight is 290 g/mol. The van der Waals surface area contributed by atoms with Crippen LogP contribution in [0.2, 0.25) is 0 Å². The number of allylic oxidation sites excluding steroid dienone is 4. The Labute approximate surface area is 127 Å². The molecule has 0 aromatic carbocycles. The van der Waals surface area contributed by atoms with E-state index in [2.05, 4.69) is 26.0 Å². The lowest BCUT2D eigenvalue weighted by atomic mass is 10.0. The third-order valence-electron chi connectivity index (χ3n) is 3.64. The summed E-state index contributed by atoms with van der Waals surface area (Å²) in [7, 11) is 0. The molecule has 21 heavy (non-hydrogen) atoms. The Morgan fingerprint density at radius 3 is 2.52 bits per heavy atom. The minimum absolute atomic E-state index is 0.157. The Morgan fingerprint density at radius 1 is 1.14 bits per heavy atom. The van der Waals surface area contributed by atoms with Crippen LogP contribution in [0.25, 0.3) is 0 Å². The zero-order valence-electron chi connectivity index (χ0n) is 13.2. The van der Waals surface area contributed by atoms with E-state index < -0.39 is 0 Å². The van der Waals surface area contributed by atoms with Gasteiger partial charge >= 0.3 is 5.97 Å². The molecular formula is C18H26O3. The Morgan fingerprint density at radius 2 is 1.86 bits per heavy atom. The largest absolute Gasteiger partial charge is 0.458 e. The van der Waals surface area contributed by atoms with E-state index in [0.29, 0.717) is 13.0 Å². The number of hydrogen-bond donors (Lipinski definition) is 0. The predicted octanol–water partition coefficient (Wildman–Crippen LogP) is 4.29. The first-order chi connectivity index (χ1) is 10.1. The van der Waals surface area contributed by atoms with Crippen molar-refractivity contribution in [1.82, 2.24) is 0 Å². The number of cyclic esters (lactones) is 1. The molecule has 0 aliphatic carbocycles. The van der Waals surface area contributed by atoms with Crippen molar-refractivity contribution < 1.29 is 14.3 Å². The molecule has 3 nitrogen and oxygen atoms in total. The lowest BCUT2D eigenvalue weighted by Crippen LogP contribution is -1.98. The molecular weight excluding hydrogens is 264 g/mol. The average Bonchev–Trinajstić information content (AvgIpc) is 2.85. The Bertz CT molecular complexity index is 441. The fraction of sp³-hybridized carbons (Fsp3) is 0.556. The first-order valence-corrected chi connectivity index (χ1v) is 7.74. The number of esters is 1. The fourth-order valence-corrected chi connectivity index (χ4v) is 2.29. The van der Waals surface area contributed by atoms with E-state index in [9.17, 15) is 9.59 Å². The molecule has 1 rings (SSSR count).